The molecule has 2 aliphatic rings. The maximum atomic E-state index is 12.3. The average Bonchev–Trinajstić information content (AvgIpc) is 3.05. The van der Waals surface area contributed by atoms with E-state index < -0.39 is 12.0 Å². The molecule has 1 aromatic rings. The number of hydrogen-bond acceptors (Lipinski definition) is 4. The van der Waals surface area contributed by atoms with Gasteiger partial charge in [-0.2, -0.15) is 0 Å². The number of hydrogen-bond donors (Lipinski definition) is 1. The highest BCUT2D eigenvalue weighted by Gasteiger charge is 2.33. The molecule has 5 nitrogen and oxygen atoms in total. The van der Waals surface area contributed by atoms with Gasteiger partial charge in [0.25, 0.3) is 0 Å². The van der Waals surface area contributed by atoms with E-state index in [-0.39, 0.29) is 12.5 Å². The first-order valence-corrected chi connectivity index (χ1v) is 7.83. The molecule has 1 atom stereocenters. The monoisotopic (exact) mass is 294 g/mol. The van der Waals surface area contributed by atoms with Gasteiger partial charge in [0.05, 0.1) is 6.54 Å². The Morgan fingerprint density at radius 1 is 1.40 bits per heavy atom. The Morgan fingerprint density at radius 3 is 3.05 bits per heavy atom. The van der Waals surface area contributed by atoms with Crippen molar-refractivity contribution in [1.82, 2.24) is 9.80 Å². The van der Waals surface area contributed by atoms with Crippen LogP contribution in [0.2, 0.25) is 0 Å². The first-order valence-electron chi connectivity index (χ1n) is 6.95. The Morgan fingerprint density at radius 2 is 2.25 bits per heavy atom. The van der Waals surface area contributed by atoms with Gasteiger partial charge in [-0.1, -0.05) is 0 Å². The molecule has 6 heteroatoms. The van der Waals surface area contributed by atoms with E-state index in [4.69, 9.17) is 5.11 Å². The highest BCUT2D eigenvalue weighted by molar-refractivity contribution is 7.10. The predicted octanol–water partition coefficient (Wildman–Crippen LogP) is 1.18. The molecule has 0 saturated carbocycles. The van der Waals surface area contributed by atoms with Crippen molar-refractivity contribution in [3.63, 3.8) is 0 Å². The molecule has 2 aliphatic heterocycles. The zero-order chi connectivity index (χ0) is 14.1. The number of thiophene rings is 1. The number of fused-ring (bicyclic) bond motifs is 1. The minimum Gasteiger partial charge on any atom is -0.480 e. The summed E-state index contributed by atoms with van der Waals surface area (Å²) in [4.78, 5) is 28.5. The molecule has 1 saturated heterocycles. The number of carbonyl (C=O) groups excluding carboxylic acids is 1. The Bertz CT molecular complexity index is 528. The van der Waals surface area contributed by atoms with E-state index in [1.165, 1.54) is 10.4 Å². The van der Waals surface area contributed by atoms with Crippen LogP contribution in [0.4, 0.5) is 0 Å². The summed E-state index contributed by atoms with van der Waals surface area (Å²) in [5.74, 6) is -0.760. The fourth-order valence-electron chi connectivity index (χ4n) is 3.03. The van der Waals surface area contributed by atoms with Crippen molar-refractivity contribution in [2.24, 2.45) is 0 Å². The van der Waals surface area contributed by atoms with Crippen molar-refractivity contribution in [1.29, 1.82) is 0 Å². The van der Waals surface area contributed by atoms with E-state index in [0.717, 1.165) is 19.4 Å². The topological polar surface area (TPSA) is 60.9 Å². The summed E-state index contributed by atoms with van der Waals surface area (Å²) in [5, 5.41) is 11.2. The second-order valence-electron chi connectivity index (χ2n) is 5.40. The van der Waals surface area contributed by atoms with Gasteiger partial charge in [0, 0.05) is 18.0 Å². The molecule has 1 unspecified atom stereocenters. The molecule has 3 rings (SSSR count). The van der Waals surface area contributed by atoms with Gasteiger partial charge in [-0.3, -0.25) is 14.5 Å². The second-order valence-corrected chi connectivity index (χ2v) is 6.40. The first kappa shape index (κ1) is 13.6. The SMILES string of the molecule is O=C(O)C1CCCN1CC(=O)N1CCc2sccc2C1. The van der Waals surface area contributed by atoms with Crippen LogP contribution in [-0.2, 0) is 22.6 Å². The molecule has 3 heterocycles. The summed E-state index contributed by atoms with van der Waals surface area (Å²) in [7, 11) is 0. The third-order valence-corrected chi connectivity index (χ3v) is 5.17. The highest BCUT2D eigenvalue weighted by Crippen LogP contribution is 2.24. The smallest absolute Gasteiger partial charge is 0.320 e. The first-order chi connectivity index (χ1) is 9.65. The van der Waals surface area contributed by atoms with Crippen molar-refractivity contribution >= 4 is 23.2 Å². The van der Waals surface area contributed by atoms with Gasteiger partial charge in [-0.15, -0.1) is 11.3 Å². The minimum absolute atomic E-state index is 0.0509. The van der Waals surface area contributed by atoms with Crippen molar-refractivity contribution in [3.05, 3.63) is 21.9 Å². The second kappa shape index (κ2) is 5.54. The summed E-state index contributed by atoms with van der Waals surface area (Å²) >= 11 is 1.75. The third kappa shape index (κ3) is 2.58. The Kier molecular flexibility index (Phi) is 3.76. The number of aliphatic carboxylic acids is 1. The van der Waals surface area contributed by atoms with Gasteiger partial charge < -0.3 is 10.0 Å². The van der Waals surface area contributed by atoms with Gasteiger partial charge in [-0.25, -0.2) is 0 Å². The van der Waals surface area contributed by atoms with Crippen LogP contribution in [0, 0.1) is 0 Å². The lowest BCUT2D eigenvalue weighted by molar-refractivity contribution is -0.143. The Balaban J connectivity index is 1.61. The maximum Gasteiger partial charge on any atom is 0.320 e. The van der Waals surface area contributed by atoms with Crippen LogP contribution in [0.1, 0.15) is 23.3 Å². The molecule has 0 radical (unpaired) electrons. The fraction of sp³-hybridized carbons (Fsp3) is 0.571. The summed E-state index contributed by atoms with van der Waals surface area (Å²) in [6.45, 7) is 2.36. The largest absolute Gasteiger partial charge is 0.480 e. The predicted molar refractivity (Wildman–Crippen MR) is 75.7 cm³/mol. The van der Waals surface area contributed by atoms with Crippen LogP contribution < -0.4 is 0 Å². The molecule has 0 aromatic carbocycles. The molecule has 20 heavy (non-hydrogen) atoms. The minimum atomic E-state index is -0.811. The lowest BCUT2D eigenvalue weighted by Gasteiger charge is -2.29. The summed E-state index contributed by atoms with van der Waals surface area (Å²) in [6.07, 6.45) is 2.43. The van der Waals surface area contributed by atoms with E-state index in [0.29, 0.717) is 19.5 Å². The molecule has 0 bridgehead atoms. The van der Waals surface area contributed by atoms with Gasteiger partial charge in [0.2, 0.25) is 5.91 Å². The average molecular weight is 294 g/mol. The van der Waals surface area contributed by atoms with Crippen LogP contribution in [0.5, 0.6) is 0 Å². The lowest BCUT2D eigenvalue weighted by Crippen LogP contribution is -2.45. The maximum absolute atomic E-state index is 12.3. The van der Waals surface area contributed by atoms with Crippen molar-refractivity contribution < 1.29 is 14.7 Å². The lowest BCUT2D eigenvalue weighted by atomic mass is 10.1. The number of carboxylic acid groups (broad SMARTS) is 1. The number of carbonyl (C=O) groups is 2. The van der Waals surface area contributed by atoms with Crippen LogP contribution in [0.25, 0.3) is 0 Å². The molecule has 1 N–H and O–H groups in total. The quantitative estimate of drug-likeness (QED) is 0.909. The number of likely N-dealkylation sites (tertiary alicyclic amines) is 1. The van der Waals surface area contributed by atoms with E-state index in [1.807, 2.05) is 4.90 Å². The molecular weight excluding hydrogens is 276 g/mol. The molecule has 108 valence electrons. The fourth-order valence-corrected chi connectivity index (χ4v) is 3.92. The number of rotatable bonds is 3. The van der Waals surface area contributed by atoms with Crippen LogP contribution in [0.15, 0.2) is 11.4 Å². The molecule has 0 spiro atoms. The van der Waals surface area contributed by atoms with Crippen LogP contribution in [0.3, 0.4) is 0 Å². The molecule has 0 aliphatic carbocycles. The number of nitrogens with zero attached hydrogens (tertiary/aromatic N) is 2. The molecule has 1 aromatic heterocycles. The Hall–Kier alpha value is -1.40. The molecular formula is C14H18N2O3S. The highest BCUT2D eigenvalue weighted by atomic mass is 32.1. The van der Waals surface area contributed by atoms with Gasteiger partial charge in [-0.05, 0) is 42.8 Å². The standard InChI is InChI=1S/C14H18N2O3S/c17-13(9-15-5-1-2-11(15)14(18)19)16-6-3-12-10(8-16)4-7-20-12/h4,7,11H,1-3,5-6,8-9H2,(H,18,19). The van der Waals surface area contributed by atoms with Gasteiger partial charge in [0.15, 0.2) is 0 Å². The zero-order valence-corrected chi connectivity index (χ0v) is 12.1. The van der Waals surface area contributed by atoms with E-state index in [9.17, 15) is 9.59 Å². The molecule has 1 fully saturated rings. The number of carboxylic acids is 1. The van der Waals surface area contributed by atoms with E-state index in [2.05, 4.69) is 11.4 Å². The normalized spacial score (nSPS) is 22.8. The van der Waals surface area contributed by atoms with Crippen molar-refractivity contribution in [2.45, 2.75) is 31.8 Å². The van der Waals surface area contributed by atoms with E-state index >= 15 is 0 Å². The van der Waals surface area contributed by atoms with Gasteiger partial charge in [0.1, 0.15) is 6.04 Å². The number of amides is 1. The Labute approximate surface area is 121 Å². The third-order valence-electron chi connectivity index (χ3n) is 4.15. The van der Waals surface area contributed by atoms with Crippen LogP contribution >= 0.6 is 11.3 Å². The van der Waals surface area contributed by atoms with Crippen LogP contribution in [-0.4, -0.2) is 52.5 Å². The van der Waals surface area contributed by atoms with Gasteiger partial charge >= 0.3 is 5.97 Å². The summed E-state index contributed by atoms with van der Waals surface area (Å²) in [5.41, 5.74) is 1.24. The molecule has 1 amide bonds. The van der Waals surface area contributed by atoms with Crippen molar-refractivity contribution in [2.75, 3.05) is 19.6 Å². The van der Waals surface area contributed by atoms with Crippen molar-refractivity contribution in [3.8, 4) is 0 Å². The zero-order valence-electron chi connectivity index (χ0n) is 11.2. The summed E-state index contributed by atoms with van der Waals surface area (Å²) in [6, 6.07) is 1.59. The summed E-state index contributed by atoms with van der Waals surface area (Å²) < 4.78 is 0. The van der Waals surface area contributed by atoms with E-state index in [1.54, 1.807) is 16.2 Å².